The Morgan fingerprint density at radius 2 is 1.90 bits per heavy atom. The molecule has 0 bridgehead atoms. The maximum Gasteiger partial charge on any atom is 0.251 e. The van der Waals surface area contributed by atoms with Crippen LogP contribution in [0.3, 0.4) is 0 Å². The second-order valence-electron chi connectivity index (χ2n) is 8.80. The summed E-state index contributed by atoms with van der Waals surface area (Å²) in [5.74, 6) is 0.231. The van der Waals surface area contributed by atoms with Crippen LogP contribution in [0.15, 0.2) is 36.0 Å². The van der Waals surface area contributed by atoms with E-state index < -0.39 is 0 Å². The number of rotatable bonds is 4. The van der Waals surface area contributed by atoms with E-state index in [4.69, 9.17) is 4.74 Å². The fourth-order valence-electron chi connectivity index (χ4n) is 4.78. The predicted octanol–water partition coefficient (Wildman–Crippen LogP) is 2.19. The normalized spacial score (nSPS) is 25.5. The van der Waals surface area contributed by atoms with Crippen molar-refractivity contribution in [2.75, 3.05) is 51.3 Å². The Hall–Kier alpha value is -2.18. The van der Waals surface area contributed by atoms with Gasteiger partial charge in [0.15, 0.2) is 5.78 Å². The molecule has 0 aromatic heterocycles. The van der Waals surface area contributed by atoms with Gasteiger partial charge >= 0.3 is 0 Å². The quantitative estimate of drug-likeness (QED) is 0.729. The van der Waals surface area contributed by atoms with Gasteiger partial charge in [0, 0.05) is 62.7 Å². The zero-order valence-corrected chi connectivity index (χ0v) is 17.7. The number of ketones is 1. The summed E-state index contributed by atoms with van der Waals surface area (Å²) in [4.78, 5) is 31.5. The van der Waals surface area contributed by atoms with Crippen LogP contribution in [-0.2, 0) is 19.7 Å². The van der Waals surface area contributed by atoms with Crippen LogP contribution in [0.2, 0.25) is 0 Å². The number of hydrogen-bond acceptors (Lipinski definition) is 5. The van der Waals surface area contributed by atoms with Crippen LogP contribution < -0.4 is 4.90 Å². The van der Waals surface area contributed by atoms with Crippen molar-refractivity contribution in [3.63, 3.8) is 0 Å². The Kier molecular flexibility index (Phi) is 5.49. The van der Waals surface area contributed by atoms with Gasteiger partial charge in [-0.1, -0.05) is 32.0 Å². The number of ether oxygens (including phenoxy) is 1. The standard InChI is InChI=1S/C23H31N3O3/c1-23(2)18-7-4-5-8-19(18)24(3)21(23)15-17(27)16-25-10-12-26(13-11-25)22(28)20-9-6-14-29-20/h4-5,7-8,15,20H,6,9-14,16H2,1-3H3. The van der Waals surface area contributed by atoms with Gasteiger partial charge in [-0.25, -0.2) is 0 Å². The van der Waals surface area contributed by atoms with Crippen LogP contribution >= 0.6 is 0 Å². The van der Waals surface area contributed by atoms with E-state index in [-0.39, 0.29) is 23.2 Å². The molecule has 6 nitrogen and oxygen atoms in total. The Balaban J connectivity index is 1.35. The van der Waals surface area contributed by atoms with Gasteiger partial charge in [-0.2, -0.15) is 0 Å². The molecule has 1 aromatic carbocycles. The number of carbonyl (C=O) groups excluding carboxylic acids is 2. The maximum atomic E-state index is 12.8. The number of benzene rings is 1. The molecule has 0 N–H and O–H groups in total. The highest BCUT2D eigenvalue weighted by Gasteiger charge is 2.38. The average Bonchev–Trinajstić information content (AvgIpc) is 3.31. The van der Waals surface area contributed by atoms with Crippen molar-refractivity contribution in [1.82, 2.24) is 9.80 Å². The van der Waals surface area contributed by atoms with Crippen molar-refractivity contribution in [2.24, 2.45) is 0 Å². The van der Waals surface area contributed by atoms with Crippen LogP contribution in [-0.4, -0.2) is 74.0 Å². The molecule has 0 radical (unpaired) electrons. The fraction of sp³-hybridized carbons (Fsp3) is 0.565. The van der Waals surface area contributed by atoms with Gasteiger partial charge in [-0.3, -0.25) is 14.5 Å². The van der Waals surface area contributed by atoms with Crippen molar-refractivity contribution in [1.29, 1.82) is 0 Å². The first-order chi connectivity index (χ1) is 13.9. The summed E-state index contributed by atoms with van der Waals surface area (Å²) in [6.45, 7) is 8.21. The Labute approximate surface area is 173 Å². The van der Waals surface area contributed by atoms with Gasteiger partial charge in [0.2, 0.25) is 0 Å². The molecule has 2 fully saturated rings. The second-order valence-corrected chi connectivity index (χ2v) is 8.80. The van der Waals surface area contributed by atoms with E-state index in [9.17, 15) is 9.59 Å². The molecule has 3 aliphatic heterocycles. The van der Waals surface area contributed by atoms with E-state index in [1.54, 1.807) is 0 Å². The third-order valence-electron chi connectivity index (χ3n) is 6.51. The average molecular weight is 398 g/mol. The second kappa shape index (κ2) is 7.92. The van der Waals surface area contributed by atoms with Crippen molar-refractivity contribution >= 4 is 17.4 Å². The van der Waals surface area contributed by atoms with E-state index in [1.807, 2.05) is 24.1 Å². The van der Waals surface area contributed by atoms with Gasteiger partial charge < -0.3 is 14.5 Å². The summed E-state index contributed by atoms with van der Waals surface area (Å²) in [7, 11) is 2.03. The molecule has 156 valence electrons. The summed E-state index contributed by atoms with van der Waals surface area (Å²) >= 11 is 0. The number of piperazine rings is 1. The number of likely N-dealkylation sites (N-methyl/N-ethyl adjacent to an activating group) is 1. The van der Waals surface area contributed by atoms with Gasteiger partial charge in [0.25, 0.3) is 5.91 Å². The smallest absolute Gasteiger partial charge is 0.251 e. The summed E-state index contributed by atoms with van der Waals surface area (Å²) < 4.78 is 5.52. The summed E-state index contributed by atoms with van der Waals surface area (Å²) in [5.41, 5.74) is 3.27. The first-order valence-corrected chi connectivity index (χ1v) is 10.6. The third-order valence-corrected chi connectivity index (χ3v) is 6.51. The first kappa shape index (κ1) is 20.1. The molecule has 1 unspecified atom stereocenters. The molecule has 0 spiro atoms. The van der Waals surface area contributed by atoms with Crippen LogP contribution in [0.4, 0.5) is 5.69 Å². The van der Waals surface area contributed by atoms with Gasteiger partial charge in [0.1, 0.15) is 6.10 Å². The number of nitrogens with zero attached hydrogens (tertiary/aromatic N) is 3. The van der Waals surface area contributed by atoms with Crippen molar-refractivity contribution in [2.45, 2.75) is 38.2 Å². The minimum atomic E-state index is -0.255. The fourth-order valence-corrected chi connectivity index (χ4v) is 4.78. The highest BCUT2D eigenvalue weighted by atomic mass is 16.5. The number of para-hydroxylation sites is 1. The van der Waals surface area contributed by atoms with Crippen LogP contribution in [0.1, 0.15) is 32.3 Å². The van der Waals surface area contributed by atoms with E-state index in [2.05, 4.69) is 41.8 Å². The van der Waals surface area contributed by atoms with Crippen molar-refractivity contribution in [3.8, 4) is 0 Å². The van der Waals surface area contributed by atoms with Crippen molar-refractivity contribution in [3.05, 3.63) is 41.6 Å². The predicted molar refractivity (Wildman–Crippen MR) is 113 cm³/mol. The monoisotopic (exact) mass is 397 g/mol. The lowest BCUT2D eigenvalue weighted by Crippen LogP contribution is -2.52. The molecule has 4 rings (SSSR count). The summed E-state index contributed by atoms with van der Waals surface area (Å²) in [5, 5.41) is 0. The number of anilines is 1. The SMILES string of the molecule is CN1C(=CC(=O)CN2CCN(C(=O)C3CCCO3)CC2)C(C)(C)c2ccccc21. The Morgan fingerprint density at radius 1 is 1.17 bits per heavy atom. The Bertz CT molecular complexity index is 818. The molecule has 2 saturated heterocycles. The molecule has 0 aliphatic carbocycles. The van der Waals surface area contributed by atoms with Crippen LogP contribution in [0.5, 0.6) is 0 Å². The lowest BCUT2D eigenvalue weighted by atomic mass is 9.83. The molecule has 6 heteroatoms. The Morgan fingerprint density at radius 3 is 2.55 bits per heavy atom. The zero-order chi connectivity index (χ0) is 20.6. The number of amides is 1. The lowest BCUT2D eigenvalue weighted by Gasteiger charge is -2.35. The molecule has 3 heterocycles. The highest BCUT2D eigenvalue weighted by Crippen LogP contribution is 2.46. The number of allylic oxidation sites excluding steroid dienone is 1. The van der Waals surface area contributed by atoms with E-state index in [0.29, 0.717) is 26.2 Å². The van der Waals surface area contributed by atoms with Crippen molar-refractivity contribution < 1.29 is 14.3 Å². The molecule has 3 aliphatic rings. The van der Waals surface area contributed by atoms with Crippen LogP contribution in [0, 0.1) is 0 Å². The first-order valence-electron chi connectivity index (χ1n) is 10.6. The minimum absolute atomic E-state index is 0.114. The highest BCUT2D eigenvalue weighted by molar-refractivity contribution is 5.94. The third kappa shape index (κ3) is 3.83. The summed E-state index contributed by atoms with van der Waals surface area (Å²) in [6, 6.07) is 8.33. The largest absolute Gasteiger partial charge is 0.368 e. The zero-order valence-electron chi connectivity index (χ0n) is 17.7. The molecular formula is C23H31N3O3. The number of fused-ring (bicyclic) bond motifs is 1. The molecule has 1 atom stereocenters. The number of carbonyl (C=O) groups is 2. The van der Waals surface area contributed by atoms with Gasteiger partial charge in [0.05, 0.1) is 6.54 Å². The molecular weight excluding hydrogens is 366 g/mol. The molecule has 1 aromatic rings. The van der Waals surface area contributed by atoms with Gasteiger partial charge in [-0.15, -0.1) is 0 Å². The van der Waals surface area contributed by atoms with Crippen LogP contribution in [0.25, 0.3) is 0 Å². The van der Waals surface area contributed by atoms with E-state index in [1.165, 1.54) is 5.56 Å². The lowest BCUT2D eigenvalue weighted by molar-refractivity contribution is -0.142. The number of hydrogen-bond donors (Lipinski definition) is 0. The topological polar surface area (TPSA) is 53.1 Å². The summed E-state index contributed by atoms with van der Waals surface area (Å²) in [6.07, 6.45) is 3.35. The molecule has 0 saturated carbocycles. The maximum absolute atomic E-state index is 12.8. The van der Waals surface area contributed by atoms with E-state index >= 15 is 0 Å². The minimum Gasteiger partial charge on any atom is -0.368 e. The van der Waals surface area contributed by atoms with E-state index in [0.717, 1.165) is 37.3 Å². The molecule has 1 amide bonds. The molecule has 29 heavy (non-hydrogen) atoms. The van der Waals surface area contributed by atoms with Gasteiger partial charge in [-0.05, 0) is 24.5 Å².